The van der Waals surface area contributed by atoms with Crippen molar-refractivity contribution in [1.82, 2.24) is 20.1 Å². The molecule has 0 bridgehead atoms. The number of carbonyl (C=O) groups excluding carboxylic acids is 2. The Morgan fingerprint density at radius 1 is 1.33 bits per heavy atom. The molecule has 0 spiro atoms. The van der Waals surface area contributed by atoms with E-state index in [0.29, 0.717) is 5.16 Å². The molecule has 0 saturated carbocycles. The molecule has 1 aromatic carbocycles. The molecule has 8 heteroatoms. The molecule has 2 rings (SSSR count). The quantitative estimate of drug-likeness (QED) is 0.845. The van der Waals surface area contributed by atoms with Gasteiger partial charge in [-0.2, -0.15) is 0 Å². The summed E-state index contributed by atoms with van der Waals surface area (Å²) in [5.41, 5.74) is 0.899. The number of aromatic nitrogens is 3. The highest BCUT2D eigenvalue weighted by atomic mass is 32.2. The number of thioether (sulfide) groups is 1. The SMILES string of the molecule is CCOC(=O)NC(=O)CSc1nncn1-c1ccccc1. The van der Waals surface area contributed by atoms with Crippen molar-refractivity contribution in [2.45, 2.75) is 12.1 Å². The van der Waals surface area contributed by atoms with Gasteiger partial charge in [0.1, 0.15) is 6.33 Å². The topological polar surface area (TPSA) is 86.1 Å². The van der Waals surface area contributed by atoms with Gasteiger partial charge in [0, 0.05) is 5.69 Å². The highest BCUT2D eigenvalue weighted by Crippen LogP contribution is 2.18. The van der Waals surface area contributed by atoms with Crippen LogP contribution >= 0.6 is 11.8 Å². The van der Waals surface area contributed by atoms with E-state index < -0.39 is 12.0 Å². The number of ether oxygens (including phenoxy) is 1. The standard InChI is InChI=1S/C13H14N4O3S/c1-2-20-13(19)15-11(18)8-21-12-16-14-9-17(12)10-6-4-3-5-7-10/h3-7,9H,2,8H2,1H3,(H,15,18,19). The summed E-state index contributed by atoms with van der Waals surface area (Å²) >= 11 is 1.19. The van der Waals surface area contributed by atoms with Crippen LogP contribution in [-0.4, -0.2) is 39.1 Å². The Balaban J connectivity index is 1.94. The van der Waals surface area contributed by atoms with Crippen LogP contribution < -0.4 is 5.32 Å². The van der Waals surface area contributed by atoms with Crippen LogP contribution in [0.4, 0.5) is 4.79 Å². The van der Waals surface area contributed by atoms with E-state index in [2.05, 4.69) is 20.3 Å². The van der Waals surface area contributed by atoms with Crippen LogP contribution in [0.5, 0.6) is 0 Å². The lowest BCUT2D eigenvalue weighted by Gasteiger charge is -2.06. The summed E-state index contributed by atoms with van der Waals surface area (Å²) in [6.07, 6.45) is 0.827. The zero-order valence-corrected chi connectivity index (χ0v) is 12.2. The number of hydrogen-bond donors (Lipinski definition) is 1. The summed E-state index contributed by atoms with van der Waals surface area (Å²) in [5.74, 6) is -0.397. The van der Waals surface area contributed by atoms with E-state index in [-0.39, 0.29) is 12.4 Å². The average molecular weight is 306 g/mol. The third kappa shape index (κ3) is 4.32. The van der Waals surface area contributed by atoms with Gasteiger partial charge in [0.15, 0.2) is 5.16 Å². The second-order valence-electron chi connectivity index (χ2n) is 3.88. The molecule has 1 aromatic heterocycles. The number of hydrogen-bond acceptors (Lipinski definition) is 6. The first kappa shape index (κ1) is 15.0. The van der Waals surface area contributed by atoms with E-state index in [0.717, 1.165) is 5.69 Å². The molecule has 110 valence electrons. The van der Waals surface area contributed by atoms with E-state index in [1.807, 2.05) is 30.3 Å². The molecule has 1 heterocycles. The van der Waals surface area contributed by atoms with Crippen LogP contribution in [0.3, 0.4) is 0 Å². The Hall–Kier alpha value is -2.35. The molecule has 0 aliphatic heterocycles. The predicted molar refractivity (Wildman–Crippen MR) is 77.2 cm³/mol. The molecule has 1 N–H and O–H groups in total. The van der Waals surface area contributed by atoms with Gasteiger partial charge in [0.05, 0.1) is 12.4 Å². The second kappa shape index (κ2) is 7.44. The molecular weight excluding hydrogens is 292 g/mol. The summed E-state index contributed by atoms with van der Waals surface area (Å²) in [4.78, 5) is 22.7. The van der Waals surface area contributed by atoms with E-state index in [9.17, 15) is 9.59 Å². The van der Waals surface area contributed by atoms with Crippen LogP contribution in [0.1, 0.15) is 6.92 Å². The van der Waals surface area contributed by atoms with Crippen molar-refractivity contribution in [3.8, 4) is 5.69 Å². The fourth-order valence-corrected chi connectivity index (χ4v) is 2.26. The average Bonchev–Trinajstić information content (AvgIpc) is 2.94. The van der Waals surface area contributed by atoms with Crippen molar-refractivity contribution in [3.63, 3.8) is 0 Å². The Labute approximate surface area is 125 Å². The Kier molecular flexibility index (Phi) is 5.33. The Bertz CT molecular complexity index is 615. The molecule has 2 aromatic rings. The number of para-hydroxylation sites is 1. The van der Waals surface area contributed by atoms with Crippen LogP contribution in [0.25, 0.3) is 5.69 Å². The van der Waals surface area contributed by atoms with Crippen LogP contribution in [-0.2, 0) is 9.53 Å². The van der Waals surface area contributed by atoms with Gasteiger partial charge in [0.2, 0.25) is 5.91 Å². The molecular formula is C13H14N4O3S. The largest absolute Gasteiger partial charge is 0.450 e. The van der Waals surface area contributed by atoms with Gasteiger partial charge < -0.3 is 4.74 Å². The predicted octanol–water partition coefficient (Wildman–Crippen LogP) is 1.63. The third-order valence-electron chi connectivity index (χ3n) is 2.40. The molecule has 0 fully saturated rings. The van der Waals surface area contributed by atoms with E-state index in [4.69, 9.17) is 0 Å². The van der Waals surface area contributed by atoms with E-state index in [1.165, 1.54) is 11.8 Å². The summed E-state index contributed by atoms with van der Waals surface area (Å²) in [6.45, 7) is 1.88. The number of nitrogens with one attached hydrogen (secondary N) is 1. The number of benzene rings is 1. The van der Waals surface area contributed by atoms with Crippen LogP contribution in [0.15, 0.2) is 41.8 Å². The van der Waals surface area contributed by atoms with Crippen molar-refractivity contribution in [2.24, 2.45) is 0 Å². The summed E-state index contributed by atoms with van der Waals surface area (Å²) < 4.78 is 6.40. The smallest absolute Gasteiger partial charge is 0.413 e. The third-order valence-corrected chi connectivity index (χ3v) is 3.34. The molecule has 0 atom stereocenters. The van der Waals surface area contributed by atoms with Crippen LogP contribution in [0, 0.1) is 0 Å². The molecule has 7 nitrogen and oxygen atoms in total. The van der Waals surface area contributed by atoms with Gasteiger partial charge in [-0.15, -0.1) is 10.2 Å². The first-order valence-electron chi connectivity index (χ1n) is 6.25. The van der Waals surface area contributed by atoms with Crippen molar-refractivity contribution in [3.05, 3.63) is 36.7 Å². The lowest BCUT2D eigenvalue weighted by molar-refractivity contribution is -0.117. The monoisotopic (exact) mass is 306 g/mol. The van der Waals surface area contributed by atoms with Gasteiger partial charge in [-0.25, -0.2) is 4.79 Å². The number of nitrogens with zero attached hydrogens (tertiary/aromatic N) is 3. The maximum Gasteiger partial charge on any atom is 0.413 e. The zero-order valence-electron chi connectivity index (χ0n) is 11.4. The minimum Gasteiger partial charge on any atom is -0.450 e. The van der Waals surface area contributed by atoms with Gasteiger partial charge in [0.25, 0.3) is 0 Å². The summed E-state index contributed by atoms with van der Waals surface area (Å²) in [6, 6.07) is 9.53. The normalized spacial score (nSPS) is 10.1. The van der Waals surface area contributed by atoms with E-state index in [1.54, 1.807) is 17.8 Å². The van der Waals surface area contributed by atoms with Crippen molar-refractivity contribution in [2.75, 3.05) is 12.4 Å². The zero-order chi connectivity index (χ0) is 15.1. The maximum absolute atomic E-state index is 11.6. The highest BCUT2D eigenvalue weighted by Gasteiger charge is 2.12. The van der Waals surface area contributed by atoms with Gasteiger partial charge >= 0.3 is 6.09 Å². The van der Waals surface area contributed by atoms with Gasteiger partial charge in [-0.1, -0.05) is 30.0 Å². The first-order valence-corrected chi connectivity index (χ1v) is 7.24. The molecule has 0 aliphatic rings. The Morgan fingerprint density at radius 3 is 2.81 bits per heavy atom. The lowest BCUT2D eigenvalue weighted by Crippen LogP contribution is -2.32. The first-order chi connectivity index (χ1) is 10.2. The number of amides is 2. The minimum atomic E-state index is -0.743. The molecule has 21 heavy (non-hydrogen) atoms. The summed E-state index contributed by atoms with van der Waals surface area (Å²) in [5, 5.41) is 10.5. The fourth-order valence-electron chi connectivity index (χ4n) is 1.54. The molecule has 2 amide bonds. The van der Waals surface area contributed by atoms with E-state index >= 15 is 0 Å². The second-order valence-corrected chi connectivity index (χ2v) is 4.82. The molecule has 0 radical (unpaired) electrons. The number of imide groups is 1. The minimum absolute atomic E-state index is 0.0460. The Morgan fingerprint density at radius 2 is 2.10 bits per heavy atom. The van der Waals surface area contributed by atoms with Gasteiger partial charge in [-0.3, -0.25) is 14.7 Å². The number of rotatable bonds is 5. The molecule has 0 aliphatic carbocycles. The van der Waals surface area contributed by atoms with Crippen molar-refractivity contribution < 1.29 is 14.3 Å². The maximum atomic E-state index is 11.6. The lowest BCUT2D eigenvalue weighted by atomic mass is 10.3. The van der Waals surface area contributed by atoms with Crippen molar-refractivity contribution in [1.29, 1.82) is 0 Å². The fraction of sp³-hybridized carbons (Fsp3) is 0.231. The summed E-state index contributed by atoms with van der Waals surface area (Å²) in [7, 11) is 0. The van der Waals surface area contributed by atoms with Gasteiger partial charge in [-0.05, 0) is 19.1 Å². The van der Waals surface area contributed by atoms with Crippen LogP contribution in [0.2, 0.25) is 0 Å². The number of carbonyl (C=O) groups is 2. The van der Waals surface area contributed by atoms with Crippen molar-refractivity contribution >= 4 is 23.8 Å². The highest BCUT2D eigenvalue weighted by molar-refractivity contribution is 7.99. The number of alkyl carbamates (subject to hydrolysis) is 1. The molecule has 0 unspecified atom stereocenters. The molecule has 0 saturated heterocycles.